The molecule has 0 heterocycles. The summed E-state index contributed by atoms with van der Waals surface area (Å²) in [6.07, 6.45) is 2.35. The summed E-state index contributed by atoms with van der Waals surface area (Å²) in [5, 5.41) is 10.8. The molecule has 0 aromatic heterocycles. The minimum atomic E-state index is 0. The first-order chi connectivity index (χ1) is 23.0. The first-order valence-electron chi connectivity index (χ1n) is 16.6. The summed E-state index contributed by atoms with van der Waals surface area (Å²) in [6.45, 7) is 12.0. The molecule has 0 bridgehead atoms. The van der Waals surface area contributed by atoms with E-state index in [1.165, 1.54) is 112 Å². The topological polar surface area (TPSA) is 0 Å². The normalized spacial score (nSPS) is 10.2. The fourth-order valence-corrected chi connectivity index (χ4v) is 6.92. The van der Waals surface area contributed by atoms with Crippen LogP contribution in [0.1, 0.15) is 49.8 Å². The molecule has 51 heavy (non-hydrogen) atoms. The van der Waals surface area contributed by atoms with E-state index in [0.717, 1.165) is 6.42 Å². The quantitative estimate of drug-likeness (QED) is 0.120. The summed E-state index contributed by atoms with van der Waals surface area (Å²) in [4.78, 5) is 0. The van der Waals surface area contributed by atoms with E-state index in [4.69, 9.17) is 0 Å². The zero-order chi connectivity index (χ0) is 32.9. The summed E-state index contributed by atoms with van der Waals surface area (Å²) < 4.78 is 0. The SMILES string of the molecule is CC(C)c1cc2c(-c3cccc4ccccc34)cccc2[cH-]1.CCCc1cc2c(-c3cccc4ccccc34)ccc(C)c2[cH-]1.Cl.Cl.[CH3-].[CH3-].[Si]=[Zr]. The Morgan fingerprint density at radius 3 is 1.61 bits per heavy atom. The van der Waals surface area contributed by atoms with Crippen molar-refractivity contribution in [2.45, 2.75) is 46.5 Å². The van der Waals surface area contributed by atoms with E-state index < -0.39 is 0 Å². The van der Waals surface area contributed by atoms with Crippen molar-refractivity contribution < 1.29 is 23.3 Å². The van der Waals surface area contributed by atoms with Gasteiger partial charge in [0.25, 0.3) is 0 Å². The standard InChI is InChI=1S/C23H21.C22H19.2CH3.2ClH.Si.Zr/c1-3-7-17-14-22-16(2)12-13-21(23(22)15-17)20-11-6-9-18-8-4-5-10-19(18)20;1-15(2)18-13-17-9-6-12-21(22(17)14-18)20-11-5-8-16-7-3-4-10-19(16)20;;;;;;/h4-6,8-15H,3,7H2,1-2H3;3-15H,1-2H3;2*1H3;2*1H;;/q4*-1;;;;. The van der Waals surface area contributed by atoms with E-state index in [-0.39, 0.29) is 39.7 Å². The van der Waals surface area contributed by atoms with Crippen molar-refractivity contribution in [1.29, 1.82) is 0 Å². The van der Waals surface area contributed by atoms with Crippen LogP contribution in [0.5, 0.6) is 0 Å². The number of rotatable bonds is 5. The predicted molar refractivity (Wildman–Crippen MR) is 231 cm³/mol. The molecule has 0 saturated carbocycles. The third-order valence-electron chi connectivity index (χ3n) is 9.30. The Morgan fingerprint density at radius 2 is 1.06 bits per heavy atom. The second kappa shape index (κ2) is 20.1. The molecule has 0 N–H and O–H groups in total. The molecule has 8 aromatic carbocycles. The fraction of sp³-hybridized carbons (Fsp3) is 0.149. The molecular weight excluding hydrogens is 755 g/mol. The Hall–Kier alpha value is -3.26. The van der Waals surface area contributed by atoms with Crippen molar-refractivity contribution in [1.82, 2.24) is 0 Å². The molecule has 2 radical (unpaired) electrons. The van der Waals surface area contributed by atoms with Gasteiger partial charge in [-0.3, -0.25) is 0 Å². The Labute approximate surface area is 335 Å². The molecule has 4 heteroatoms. The number of aryl methyl sites for hydroxylation is 2. The van der Waals surface area contributed by atoms with Crippen molar-refractivity contribution in [2.75, 3.05) is 0 Å². The zero-order valence-electron chi connectivity index (χ0n) is 30.6. The van der Waals surface area contributed by atoms with E-state index in [1.807, 2.05) is 0 Å². The second-order valence-electron chi connectivity index (χ2n) is 12.7. The van der Waals surface area contributed by atoms with Crippen LogP contribution < -0.4 is 0 Å². The van der Waals surface area contributed by atoms with Gasteiger partial charge in [0.15, 0.2) is 0 Å². The van der Waals surface area contributed by atoms with Crippen molar-refractivity contribution in [3.05, 3.63) is 171 Å². The summed E-state index contributed by atoms with van der Waals surface area (Å²) >= 11 is 1.36. The van der Waals surface area contributed by atoms with Crippen LogP contribution in [0.15, 0.2) is 140 Å². The van der Waals surface area contributed by atoms with E-state index in [0.29, 0.717) is 5.92 Å². The van der Waals surface area contributed by atoms with Crippen LogP contribution >= 0.6 is 24.8 Å². The molecule has 0 aliphatic carbocycles. The van der Waals surface area contributed by atoms with Crippen LogP contribution in [0, 0.1) is 21.8 Å². The van der Waals surface area contributed by atoms with E-state index in [1.54, 1.807) is 0 Å². The number of halogens is 2. The van der Waals surface area contributed by atoms with Gasteiger partial charge in [-0.25, -0.2) is 0 Å². The predicted octanol–water partition coefficient (Wildman–Crippen LogP) is 14.5. The molecule has 8 aromatic rings. The number of hydrogen-bond donors (Lipinski definition) is 0. The van der Waals surface area contributed by atoms with E-state index >= 15 is 0 Å². The summed E-state index contributed by atoms with van der Waals surface area (Å²) in [5.74, 6) is 0.563. The number of fused-ring (bicyclic) bond motifs is 4. The summed E-state index contributed by atoms with van der Waals surface area (Å²) in [6, 6.07) is 51.1. The molecule has 0 fully saturated rings. The Bertz CT molecular complexity index is 2300. The third kappa shape index (κ3) is 9.22. The van der Waals surface area contributed by atoms with Gasteiger partial charge in [-0.2, -0.15) is 12.1 Å². The minimum absolute atomic E-state index is 0. The van der Waals surface area contributed by atoms with Gasteiger partial charge in [0.05, 0.1) is 0 Å². The van der Waals surface area contributed by atoms with Crippen LogP contribution in [-0.2, 0) is 29.8 Å². The first-order valence-corrected chi connectivity index (χ1v) is 20.8. The second-order valence-corrected chi connectivity index (χ2v) is 12.7. The summed E-state index contributed by atoms with van der Waals surface area (Å²) in [5.41, 5.74) is 9.59. The van der Waals surface area contributed by atoms with Gasteiger partial charge in [-0.05, 0) is 45.0 Å². The third-order valence-corrected chi connectivity index (χ3v) is 9.30. The van der Waals surface area contributed by atoms with Gasteiger partial charge in [0.1, 0.15) is 0 Å². The Balaban J connectivity index is 0.000000314. The van der Waals surface area contributed by atoms with Crippen LogP contribution in [-0.4, -0.2) is 6.88 Å². The average molecular weight is 803 g/mol. The van der Waals surface area contributed by atoms with Gasteiger partial charge in [0, 0.05) is 0 Å². The van der Waals surface area contributed by atoms with Gasteiger partial charge in [0.2, 0.25) is 0 Å². The van der Waals surface area contributed by atoms with Crippen LogP contribution in [0.3, 0.4) is 0 Å². The molecule has 0 unspecified atom stereocenters. The van der Waals surface area contributed by atoms with Crippen molar-refractivity contribution >= 4 is 74.8 Å². The summed E-state index contributed by atoms with van der Waals surface area (Å²) in [7, 11) is 0. The number of hydrogen-bond acceptors (Lipinski definition) is 0. The molecule has 8 rings (SSSR count). The average Bonchev–Trinajstić information content (AvgIpc) is 3.75. The van der Waals surface area contributed by atoms with Gasteiger partial charge < -0.3 is 14.9 Å². The van der Waals surface area contributed by atoms with Crippen LogP contribution in [0.2, 0.25) is 0 Å². The maximum atomic E-state index is 3.06. The Morgan fingerprint density at radius 1 is 0.569 bits per heavy atom. The van der Waals surface area contributed by atoms with E-state index in [2.05, 4.69) is 174 Å². The molecule has 262 valence electrons. The Kier molecular flexibility index (Phi) is 17.3. The molecule has 0 saturated heterocycles. The molecule has 0 nitrogen and oxygen atoms in total. The van der Waals surface area contributed by atoms with E-state index in [9.17, 15) is 0 Å². The molecule has 0 amide bonds. The van der Waals surface area contributed by atoms with Crippen LogP contribution in [0.25, 0.3) is 65.3 Å². The van der Waals surface area contributed by atoms with Crippen molar-refractivity contribution in [3.63, 3.8) is 0 Å². The first kappa shape index (κ1) is 43.9. The molecular formula is C47H48Cl2SiZr-4. The van der Waals surface area contributed by atoms with Gasteiger partial charge in [-0.15, -0.1) is 93.4 Å². The van der Waals surface area contributed by atoms with Crippen molar-refractivity contribution in [2.24, 2.45) is 0 Å². The van der Waals surface area contributed by atoms with Crippen LogP contribution in [0.4, 0.5) is 0 Å². The molecule has 0 spiro atoms. The monoisotopic (exact) mass is 800 g/mol. The molecule has 0 atom stereocenters. The zero-order valence-corrected chi connectivity index (χ0v) is 35.7. The number of benzene rings is 6. The molecule has 0 aliphatic rings. The molecule has 0 aliphatic heterocycles. The van der Waals surface area contributed by atoms with Gasteiger partial charge in [-0.1, -0.05) is 142 Å². The fourth-order valence-electron chi connectivity index (χ4n) is 6.92. The van der Waals surface area contributed by atoms with Gasteiger partial charge >= 0.3 is 30.2 Å². The maximum absolute atomic E-state index is 3.06. The van der Waals surface area contributed by atoms with Crippen molar-refractivity contribution in [3.8, 4) is 22.3 Å².